The molecule has 3 rings (SSSR count). The zero-order valence-electron chi connectivity index (χ0n) is 18.2. The van der Waals surface area contributed by atoms with Gasteiger partial charge in [-0.1, -0.05) is 23.7 Å². The van der Waals surface area contributed by atoms with Gasteiger partial charge in [-0.25, -0.2) is 4.79 Å². The second-order valence-electron chi connectivity index (χ2n) is 7.66. The van der Waals surface area contributed by atoms with Crippen LogP contribution in [0.1, 0.15) is 22.0 Å². The molecule has 10 heteroatoms. The third kappa shape index (κ3) is 5.00. The number of halogens is 1. The number of amides is 1. The van der Waals surface area contributed by atoms with E-state index in [-0.39, 0.29) is 23.1 Å². The van der Waals surface area contributed by atoms with E-state index in [0.29, 0.717) is 36.9 Å². The monoisotopic (exact) mass is 460 g/mol. The second-order valence-corrected chi connectivity index (χ2v) is 8.10. The Morgan fingerprint density at radius 1 is 1.09 bits per heavy atom. The number of piperazine rings is 1. The SMILES string of the molecule is COC(=O)C(c1ccc(Cl)cc1)N1CCN(C(=O)c2ccc(N(C)C)c([N+](=O)[O-])c2)CC1. The molecule has 0 aliphatic carbocycles. The lowest BCUT2D eigenvalue weighted by atomic mass is 10.0. The molecule has 2 aromatic rings. The van der Waals surface area contributed by atoms with Gasteiger partial charge >= 0.3 is 5.97 Å². The van der Waals surface area contributed by atoms with E-state index in [9.17, 15) is 19.7 Å². The van der Waals surface area contributed by atoms with Crippen LogP contribution in [-0.4, -0.2) is 74.0 Å². The van der Waals surface area contributed by atoms with Gasteiger partial charge in [0.05, 0.1) is 12.0 Å². The minimum atomic E-state index is -0.602. The fraction of sp³-hybridized carbons (Fsp3) is 0.364. The Morgan fingerprint density at radius 2 is 1.72 bits per heavy atom. The van der Waals surface area contributed by atoms with Gasteiger partial charge < -0.3 is 14.5 Å². The molecule has 1 aliphatic rings. The highest BCUT2D eigenvalue weighted by Crippen LogP contribution is 2.29. The van der Waals surface area contributed by atoms with Crippen LogP contribution in [0.2, 0.25) is 5.02 Å². The van der Waals surface area contributed by atoms with Gasteiger partial charge in [-0.3, -0.25) is 19.8 Å². The van der Waals surface area contributed by atoms with Gasteiger partial charge in [0.15, 0.2) is 0 Å². The molecular formula is C22H25ClN4O5. The van der Waals surface area contributed by atoms with Crippen molar-refractivity contribution in [3.8, 4) is 0 Å². The topological polar surface area (TPSA) is 96.2 Å². The van der Waals surface area contributed by atoms with Gasteiger partial charge in [-0.2, -0.15) is 0 Å². The summed E-state index contributed by atoms with van der Waals surface area (Å²) in [7, 11) is 4.76. The molecular weight excluding hydrogens is 436 g/mol. The molecule has 2 aromatic carbocycles. The Kier molecular flexibility index (Phi) is 7.32. The van der Waals surface area contributed by atoms with Gasteiger partial charge in [0, 0.05) is 56.9 Å². The lowest BCUT2D eigenvalue weighted by molar-refractivity contribution is -0.384. The molecule has 0 N–H and O–H groups in total. The van der Waals surface area contributed by atoms with Crippen LogP contribution in [0.3, 0.4) is 0 Å². The summed E-state index contributed by atoms with van der Waals surface area (Å²) in [6, 6.07) is 10.9. The van der Waals surface area contributed by atoms with Crippen molar-refractivity contribution in [3.05, 3.63) is 68.7 Å². The highest BCUT2D eigenvalue weighted by Gasteiger charge is 2.33. The number of nitro benzene ring substituents is 1. The Bertz CT molecular complexity index is 1000. The van der Waals surface area contributed by atoms with Crippen LogP contribution in [0, 0.1) is 10.1 Å². The number of hydrogen-bond donors (Lipinski definition) is 0. The quantitative estimate of drug-likeness (QED) is 0.371. The molecule has 9 nitrogen and oxygen atoms in total. The van der Waals surface area contributed by atoms with Crippen molar-refractivity contribution in [2.45, 2.75) is 6.04 Å². The third-order valence-electron chi connectivity index (χ3n) is 5.48. The minimum Gasteiger partial charge on any atom is -0.468 e. The molecule has 0 saturated carbocycles. The number of nitro groups is 1. The number of carbonyl (C=O) groups is 2. The number of carbonyl (C=O) groups excluding carboxylic acids is 2. The molecule has 1 atom stereocenters. The predicted octanol–water partition coefficient (Wildman–Crippen LogP) is 2.99. The van der Waals surface area contributed by atoms with Crippen molar-refractivity contribution in [1.29, 1.82) is 0 Å². The van der Waals surface area contributed by atoms with E-state index in [1.54, 1.807) is 60.3 Å². The number of benzene rings is 2. The Labute approximate surface area is 191 Å². The normalized spacial score (nSPS) is 15.2. The van der Waals surface area contributed by atoms with Crippen LogP contribution in [0.15, 0.2) is 42.5 Å². The molecule has 1 saturated heterocycles. The van der Waals surface area contributed by atoms with Gasteiger partial charge in [-0.15, -0.1) is 0 Å². The molecule has 0 aromatic heterocycles. The maximum atomic E-state index is 13.0. The maximum Gasteiger partial charge on any atom is 0.327 e. The third-order valence-corrected chi connectivity index (χ3v) is 5.73. The summed E-state index contributed by atoms with van der Waals surface area (Å²) >= 11 is 5.97. The van der Waals surface area contributed by atoms with E-state index in [2.05, 4.69) is 0 Å². The minimum absolute atomic E-state index is 0.118. The van der Waals surface area contributed by atoms with Gasteiger partial charge in [-0.05, 0) is 29.8 Å². The van der Waals surface area contributed by atoms with Crippen LogP contribution in [0.5, 0.6) is 0 Å². The summed E-state index contributed by atoms with van der Waals surface area (Å²) in [5.74, 6) is -0.666. The summed E-state index contributed by atoms with van der Waals surface area (Å²) in [6.07, 6.45) is 0. The molecule has 1 aliphatic heterocycles. The lowest BCUT2D eigenvalue weighted by Crippen LogP contribution is -2.51. The van der Waals surface area contributed by atoms with E-state index in [4.69, 9.17) is 16.3 Å². The van der Waals surface area contributed by atoms with E-state index in [0.717, 1.165) is 5.56 Å². The lowest BCUT2D eigenvalue weighted by Gasteiger charge is -2.38. The average molecular weight is 461 g/mol. The number of ether oxygens (including phenoxy) is 1. The van der Waals surface area contributed by atoms with Crippen molar-refractivity contribution < 1.29 is 19.2 Å². The zero-order chi connectivity index (χ0) is 23.4. The highest BCUT2D eigenvalue weighted by molar-refractivity contribution is 6.30. The zero-order valence-corrected chi connectivity index (χ0v) is 18.9. The fourth-order valence-electron chi connectivity index (χ4n) is 3.80. The Morgan fingerprint density at radius 3 is 2.25 bits per heavy atom. The van der Waals surface area contributed by atoms with Crippen molar-refractivity contribution in [2.75, 3.05) is 52.3 Å². The first kappa shape index (κ1) is 23.5. The van der Waals surface area contributed by atoms with E-state index >= 15 is 0 Å². The van der Waals surface area contributed by atoms with E-state index in [1.165, 1.54) is 13.2 Å². The molecule has 1 fully saturated rings. The van der Waals surface area contributed by atoms with Crippen molar-refractivity contribution in [3.63, 3.8) is 0 Å². The first-order chi connectivity index (χ1) is 15.2. The van der Waals surface area contributed by atoms with Crippen molar-refractivity contribution in [1.82, 2.24) is 9.80 Å². The van der Waals surface area contributed by atoms with Crippen molar-refractivity contribution in [2.24, 2.45) is 0 Å². The number of rotatable bonds is 6. The van der Waals surface area contributed by atoms with Gasteiger partial charge in [0.25, 0.3) is 11.6 Å². The highest BCUT2D eigenvalue weighted by atomic mass is 35.5. The Balaban J connectivity index is 1.75. The number of nitrogens with zero attached hydrogens (tertiary/aromatic N) is 4. The summed E-state index contributed by atoms with van der Waals surface area (Å²) in [6.45, 7) is 1.66. The summed E-state index contributed by atoms with van der Waals surface area (Å²) < 4.78 is 5.00. The molecule has 0 spiro atoms. The predicted molar refractivity (Wildman–Crippen MR) is 121 cm³/mol. The number of methoxy groups -OCH3 is 1. The molecule has 0 radical (unpaired) electrons. The smallest absolute Gasteiger partial charge is 0.327 e. The van der Waals surface area contributed by atoms with E-state index in [1.807, 2.05) is 4.90 Å². The standard InChI is InChI=1S/C22H25ClN4O5/c1-24(2)18-9-6-16(14-19(18)27(30)31)21(28)26-12-10-25(11-13-26)20(22(29)32-3)15-4-7-17(23)8-5-15/h4-9,14,20H,10-13H2,1-3H3. The first-order valence-electron chi connectivity index (χ1n) is 10.0. The average Bonchev–Trinajstić information content (AvgIpc) is 2.79. The largest absolute Gasteiger partial charge is 0.468 e. The fourth-order valence-corrected chi connectivity index (χ4v) is 3.93. The summed E-state index contributed by atoms with van der Waals surface area (Å²) in [5, 5.41) is 12.0. The summed E-state index contributed by atoms with van der Waals surface area (Å²) in [5.41, 5.74) is 1.34. The molecule has 32 heavy (non-hydrogen) atoms. The van der Waals surface area contributed by atoms with Crippen LogP contribution in [-0.2, 0) is 9.53 Å². The van der Waals surface area contributed by atoms with Crippen LogP contribution >= 0.6 is 11.6 Å². The van der Waals surface area contributed by atoms with Gasteiger partial charge in [0.2, 0.25) is 0 Å². The summed E-state index contributed by atoms with van der Waals surface area (Å²) in [4.78, 5) is 41.6. The molecule has 0 bridgehead atoms. The van der Waals surface area contributed by atoms with Crippen molar-refractivity contribution >= 4 is 34.9 Å². The van der Waals surface area contributed by atoms with E-state index < -0.39 is 11.0 Å². The van der Waals surface area contributed by atoms with Gasteiger partial charge in [0.1, 0.15) is 11.7 Å². The first-order valence-corrected chi connectivity index (χ1v) is 10.4. The number of esters is 1. The molecule has 1 amide bonds. The van der Waals surface area contributed by atoms with Crippen LogP contribution in [0.25, 0.3) is 0 Å². The van der Waals surface area contributed by atoms with Crippen LogP contribution in [0.4, 0.5) is 11.4 Å². The molecule has 170 valence electrons. The second kappa shape index (κ2) is 9.97. The molecule has 1 unspecified atom stereocenters. The number of anilines is 1. The maximum absolute atomic E-state index is 13.0. The van der Waals surface area contributed by atoms with Crippen LogP contribution < -0.4 is 4.90 Å². The molecule has 1 heterocycles. The number of hydrogen-bond acceptors (Lipinski definition) is 7. The Hall–Kier alpha value is -3.17.